The van der Waals surface area contributed by atoms with Crippen LogP contribution in [-0.2, 0) is 11.3 Å². The first kappa shape index (κ1) is 23.2. The largest absolute Gasteiger partial charge is 0.477 e. The van der Waals surface area contributed by atoms with Crippen LogP contribution < -0.4 is 15.4 Å². The normalized spacial score (nSPS) is 18.4. The number of aromatic nitrogens is 1. The van der Waals surface area contributed by atoms with Gasteiger partial charge in [-0.25, -0.2) is 4.98 Å². The third kappa shape index (κ3) is 7.39. The van der Waals surface area contributed by atoms with E-state index in [1.807, 2.05) is 25.4 Å². The Bertz CT molecular complexity index is 616. The van der Waals surface area contributed by atoms with Gasteiger partial charge in [0.15, 0.2) is 5.96 Å². The van der Waals surface area contributed by atoms with Crippen LogP contribution >= 0.6 is 24.0 Å². The molecule has 28 heavy (non-hydrogen) atoms. The number of hydrogen-bond acceptors (Lipinski definition) is 4. The summed E-state index contributed by atoms with van der Waals surface area (Å²) in [5.41, 5.74) is 1.49. The summed E-state index contributed by atoms with van der Waals surface area (Å²) in [4.78, 5) is 8.69. The van der Waals surface area contributed by atoms with Gasteiger partial charge in [-0.15, -0.1) is 24.0 Å². The highest BCUT2D eigenvalue weighted by Crippen LogP contribution is 2.40. The molecule has 1 aromatic rings. The molecule has 1 aromatic heterocycles. The van der Waals surface area contributed by atoms with E-state index in [-0.39, 0.29) is 24.0 Å². The van der Waals surface area contributed by atoms with E-state index >= 15 is 0 Å². The Kier molecular flexibility index (Phi) is 9.77. The van der Waals surface area contributed by atoms with Crippen molar-refractivity contribution in [3.63, 3.8) is 0 Å². The molecule has 0 spiro atoms. The van der Waals surface area contributed by atoms with Gasteiger partial charge in [-0.1, -0.05) is 12.8 Å². The zero-order valence-corrected chi connectivity index (χ0v) is 19.5. The molecular weight excluding hydrogens is 467 g/mol. The second kappa shape index (κ2) is 11.8. The number of methoxy groups -OCH3 is 1. The highest BCUT2D eigenvalue weighted by Gasteiger charge is 2.33. The highest BCUT2D eigenvalue weighted by atomic mass is 127. The minimum atomic E-state index is 0. The van der Waals surface area contributed by atoms with Gasteiger partial charge in [-0.05, 0) is 55.1 Å². The van der Waals surface area contributed by atoms with Crippen LogP contribution in [0.25, 0.3) is 0 Å². The molecule has 2 N–H and O–H groups in total. The van der Waals surface area contributed by atoms with Crippen LogP contribution in [0.1, 0.15) is 50.5 Å². The van der Waals surface area contributed by atoms with Crippen molar-refractivity contribution in [3.8, 4) is 5.88 Å². The molecule has 158 valence electrons. The number of hydrogen-bond donors (Lipinski definition) is 2. The zero-order valence-electron chi connectivity index (χ0n) is 17.2. The van der Waals surface area contributed by atoms with Crippen molar-refractivity contribution in [2.75, 3.05) is 33.9 Å². The summed E-state index contributed by atoms with van der Waals surface area (Å²) in [5.74, 6) is 2.29. The predicted octanol–water partition coefficient (Wildman–Crippen LogP) is 3.75. The lowest BCUT2D eigenvalue weighted by molar-refractivity contribution is 0.138. The minimum absolute atomic E-state index is 0. The number of nitrogens with one attached hydrogen (secondary N) is 2. The zero-order chi connectivity index (χ0) is 19.0. The Hall–Kier alpha value is -1.09. The second-order valence-corrected chi connectivity index (χ2v) is 7.99. The van der Waals surface area contributed by atoms with Gasteiger partial charge in [-0.2, -0.15) is 0 Å². The van der Waals surface area contributed by atoms with E-state index in [1.165, 1.54) is 38.5 Å². The number of aliphatic imine (C=N–C) groups is 1. The smallest absolute Gasteiger partial charge is 0.213 e. The van der Waals surface area contributed by atoms with Crippen LogP contribution in [0.4, 0.5) is 0 Å². The lowest BCUT2D eigenvalue weighted by Gasteiger charge is -2.30. The summed E-state index contributed by atoms with van der Waals surface area (Å²) in [6.07, 6.45) is 10.7. The molecule has 0 aliphatic heterocycles. The van der Waals surface area contributed by atoms with E-state index in [0.29, 0.717) is 17.8 Å². The number of halogens is 1. The van der Waals surface area contributed by atoms with Crippen molar-refractivity contribution in [3.05, 3.63) is 23.9 Å². The van der Waals surface area contributed by atoms with E-state index in [0.717, 1.165) is 43.6 Å². The van der Waals surface area contributed by atoms with E-state index < -0.39 is 0 Å². The van der Waals surface area contributed by atoms with E-state index in [9.17, 15) is 0 Å². The third-order valence-corrected chi connectivity index (χ3v) is 5.78. The molecule has 6 nitrogen and oxygen atoms in total. The van der Waals surface area contributed by atoms with Gasteiger partial charge in [0.25, 0.3) is 0 Å². The molecule has 1 heterocycles. The Labute approximate surface area is 186 Å². The van der Waals surface area contributed by atoms with Gasteiger partial charge >= 0.3 is 0 Å². The molecule has 0 atom stereocenters. The Morgan fingerprint density at radius 2 is 2.07 bits per heavy atom. The monoisotopic (exact) mass is 502 g/mol. The Balaban J connectivity index is 0.00000280. The van der Waals surface area contributed by atoms with Crippen LogP contribution in [0.5, 0.6) is 5.88 Å². The van der Waals surface area contributed by atoms with E-state index in [4.69, 9.17) is 9.47 Å². The maximum Gasteiger partial charge on any atom is 0.213 e. The number of nitrogens with zero attached hydrogens (tertiary/aromatic N) is 2. The molecule has 0 bridgehead atoms. The SMILES string of the molecule is CN=C(NCc1ccnc(OCC2CC2)c1)NCC1(CCOC)CCCC1.I. The van der Waals surface area contributed by atoms with Gasteiger partial charge in [0.1, 0.15) is 0 Å². The molecule has 0 radical (unpaired) electrons. The lowest BCUT2D eigenvalue weighted by Crippen LogP contribution is -2.43. The summed E-state index contributed by atoms with van der Waals surface area (Å²) in [7, 11) is 3.61. The van der Waals surface area contributed by atoms with Crippen LogP contribution in [0.15, 0.2) is 23.3 Å². The second-order valence-electron chi connectivity index (χ2n) is 7.99. The summed E-state index contributed by atoms with van der Waals surface area (Å²) < 4.78 is 11.1. The number of ether oxygens (including phenoxy) is 2. The molecular formula is C21H35IN4O2. The minimum Gasteiger partial charge on any atom is -0.477 e. The third-order valence-electron chi connectivity index (χ3n) is 5.78. The predicted molar refractivity (Wildman–Crippen MR) is 123 cm³/mol. The first-order valence-electron chi connectivity index (χ1n) is 10.2. The van der Waals surface area contributed by atoms with Crippen molar-refractivity contribution in [2.45, 2.75) is 51.5 Å². The Morgan fingerprint density at radius 3 is 2.75 bits per heavy atom. The van der Waals surface area contributed by atoms with Gasteiger partial charge in [0.2, 0.25) is 5.88 Å². The topological polar surface area (TPSA) is 67.8 Å². The van der Waals surface area contributed by atoms with Gasteiger partial charge < -0.3 is 20.1 Å². The van der Waals surface area contributed by atoms with Crippen LogP contribution in [0.3, 0.4) is 0 Å². The van der Waals surface area contributed by atoms with Crippen LogP contribution in [0.2, 0.25) is 0 Å². The molecule has 0 unspecified atom stereocenters. The molecule has 2 aliphatic carbocycles. The Morgan fingerprint density at radius 1 is 1.29 bits per heavy atom. The highest BCUT2D eigenvalue weighted by molar-refractivity contribution is 14.0. The molecule has 0 saturated heterocycles. The molecule has 2 fully saturated rings. The average molecular weight is 502 g/mol. The number of rotatable bonds is 10. The van der Waals surface area contributed by atoms with Crippen LogP contribution in [-0.4, -0.2) is 44.9 Å². The van der Waals surface area contributed by atoms with Gasteiger partial charge in [0.05, 0.1) is 6.61 Å². The maximum atomic E-state index is 5.77. The molecule has 0 amide bonds. The standard InChI is InChI=1S/C21H34N4O2.HI/c1-22-20(25-16-21(10-12-26-2)8-3-4-9-21)24-14-18-7-11-23-19(13-18)27-15-17-5-6-17;/h7,11,13,17H,3-6,8-10,12,14-16H2,1-2H3,(H2,22,24,25);1H. The molecule has 0 aromatic carbocycles. The van der Waals surface area contributed by atoms with Crippen molar-refractivity contribution in [2.24, 2.45) is 16.3 Å². The summed E-state index contributed by atoms with van der Waals surface area (Å²) in [6, 6.07) is 4.03. The average Bonchev–Trinajstić information content (AvgIpc) is 3.42. The van der Waals surface area contributed by atoms with E-state index in [2.05, 4.69) is 20.6 Å². The summed E-state index contributed by atoms with van der Waals surface area (Å²) >= 11 is 0. The van der Waals surface area contributed by atoms with Crippen molar-refractivity contribution >= 4 is 29.9 Å². The molecule has 7 heteroatoms. The molecule has 2 saturated carbocycles. The van der Waals surface area contributed by atoms with Crippen molar-refractivity contribution in [1.82, 2.24) is 15.6 Å². The summed E-state index contributed by atoms with van der Waals surface area (Å²) in [5, 5.41) is 6.94. The fourth-order valence-corrected chi connectivity index (χ4v) is 3.76. The molecule has 2 aliphatic rings. The maximum absolute atomic E-state index is 5.77. The fourth-order valence-electron chi connectivity index (χ4n) is 3.76. The van der Waals surface area contributed by atoms with Crippen molar-refractivity contribution in [1.29, 1.82) is 0 Å². The molecule has 3 rings (SSSR count). The van der Waals surface area contributed by atoms with E-state index in [1.54, 1.807) is 7.11 Å². The fraction of sp³-hybridized carbons (Fsp3) is 0.714. The first-order chi connectivity index (χ1) is 13.2. The lowest BCUT2D eigenvalue weighted by atomic mass is 9.83. The van der Waals surface area contributed by atoms with Gasteiger partial charge in [0, 0.05) is 46.1 Å². The van der Waals surface area contributed by atoms with Crippen LogP contribution in [0, 0.1) is 11.3 Å². The van der Waals surface area contributed by atoms with Crippen molar-refractivity contribution < 1.29 is 9.47 Å². The first-order valence-corrected chi connectivity index (χ1v) is 10.2. The summed E-state index contributed by atoms with van der Waals surface area (Å²) in [6.45, 7) is 3.26. The number of guanidine groups is 1. The number of pyridine rings is 1. The quantitative estimate of drug-likeness (QED) is 0.290. The van der Waals surface area contributed by atoms with Gasteiger partial charge in [-0.3, -0.25) is 4.99 Å².